The number of pyridine rings is 2. The van der Waals surface area contributed by atoms with Crippen LogP contribution < -0.4 is 10.6 Å². The monoisotopic (exact) mass is 562 g/mol. The van der Waals surface area contributed by atoms with Gasteiger partial charge in [-0.15, -0.1) is 0 Å². The highest BCUT2D eigenvalue weighted by molar-refractivity contribution is 6.01. The zero-order valence-corrected chi connectivity index (χ0v) is 23.6. The first kappa shape index (κ1) is 27.1. The smallest absolute Gasteiger partial charge is 0.224 e. The summed E-state index contributed by atoms with van der Waals surface area (Å²) in [7, 11) is 4.00. The molecule has 0 radical (unpaired) electrons. The summed E-state index contributed by atoms with van der Waals surface area (Å²) in [4.78, 5) is 26.1. The lowest BCUT2D eigenvalue weighted by Crippen LogP contribution is -2.20. The van der Waals surface area contributed by atoms with Crippen molar-refractivity contribution in [3.8, 4) is 33.6 Å². The number of carbonyl (C=O) groups excluding carboxylic acids is 1. The Balaban J connectivity index is 1.36. The number of halogens is 1. The Hall–Kier alpha value is -5.09. The molecule has 0 aliphatic carbocycles. The average Bonchev–Trinajstić information content (AvgIpc) is 3.60. The lowest BCUT2D eigenvalue weighted by Gasteiger charge is -2.13. The Morgan fingerprint density at radius 2 is 1.71 bits per heavy atom. The lowest BCUT2D eigenvalue weighted by molar-refractivity contribution is -0.115. The van der Waals surface area contributed by atoms with Crippen molar-refractivity contribution in [2.75, 3.05) is 37.8 Å². The lowest BCUT2D eigenvalue weighted by atomic mass is 10.0. The van der Waals surface area contributed by atoms with Gasteiger partial charge in [0.25, 0.3) is 0 Å². The van der Waals surface area contributed by atoms with Crippen molar-refractivity contribution in [3.05, 3.63) is 79.1 Å². The van der Waals surface area contributed by atoms with Crippen LogP contribution in [-0.4, -0.2) is 63.1 Å². The van der Waals surface area contributed by atoms with E-state index in [1.807, 2.05) is 51.4 Å². The van der Waals surface area contributed by atoms with Crippen molar-refractivity contribution in [3.63, 3.8) is 0 Å². The topological polar surface area (TPSA) is 115 Å². The number of aromatic nitrogens is 5. The molecular formula is C32H31FN8O. The van der Waals surface area contributed by atoms with Crippen LogP contribution in [0.2, 0.25) is 0 Å². The summed E-state index contributed by atoms with van der Waals surface area (Å²) in [5.41, 5.74) is 8.02. The molecule has 0 aliphatic rings. The van der Waals surface area contributed by atoms with Crippen LogP contribution in [0.1, 0.15) is 13.3 Å². The van der Waals surface area contributed by atoms with Crippen molar-refractivity contribution in [2.24, 2.45) is 0 Å². The van der Waals surface area contributed by atoms with Crippen molar-refractivity contribution < 1.29 is 9.18 Å². The molecule has 4 N–H and O–H groups in total. The van der Waals surface area contributed by atoms with Gasteiger partial charge in [-0.1, -0.05) is 13.0 Å². The number of anilines is 2. The van der Waals surface area contributed by atoms with E-state index in [4.69, 9.17) is 0 Å². The summed E-state index contributed by atoms with van der Waals surface area (Å²) in [6, 6.07) is 14.9. The minimum absolute atomic E-state index is 0.0655. The Labute approximate surface area is 242 Å². The summed E-state index contributed by atoms with van der Waals surface area (Å²) in [6.07, 6.45) is 7.32. The van der Waals surface area contributed by atoms with Gasteiger partial charge in [-0.2, -0.15) is 5.10 Å². The van der Waals surface area contributed by atoms with E-state index < -0.39 is 0 Å². The third kappa shape index (κ3) is 5.57. The van der Waals surface area contributed by atoms with E-state index in [0.29, 0.717) is 18.7 Å². The van der Waals surface area contributed by atoms with Gasteiger partial charge in [0.05, 0.1) is 34.8 Å². The molecule has 0 atom stereocenters. The van der Waals surface area contributed by atoms with Gasteiger partial charge < -0.3 is 20.5 Å². The first-order valence-corrected chi connectivity index (χ1v) is 13.8. The van der Waals surface area contributed by atoms with Gasteiger partial charge in [-0.05, 0) is 67.7 Å². The molecule has 0 fully saturated rings. The van der Waals surface area contributed by atoms with E-state index in [9.17, 15) is 9.18 Å². The summed E-state index contributed by atoms with van der Waals surface area (Å²) >= 11 is 0. The third-order valence-electron chi connectivity index (χ3n) is 7.14. The van der Waals surface area contributed by atoms with E-state index in [0.717, 1.165) is 67.7 Å². The largest absolute Gasteiger partial charge is 0.384 e. The fourth-order valence-corrected chi connectivity index (χ4v) is 4.99. The molecule has 2 aromatic carbocycles. The van der Waals surface area contributed by atoms with E-state index in [1.165, 1.54) is 12.1 Å². The maximum atomic E-state index is 14.7. The number of carbonyl (C=O) groups is 1. The highest BCUT2D eigenvalue weighted by Gasteiger charge is 2.16. The summed E-state index contributed by atoms with van der Waals surface area (Å²) < 4.78 is 14.7. The number of rotatable bonds is 9. The van der Waals surface area contributed by atoms with Crippen LogP contribution >= 0.6 is 0 Å². The number of nitrogens with one attached hydrogen (secondary N) is 4. The van der Waals surface area contributed by atoms with Gasteiger partial charge in [0.1, 0.15) is 11.5 Å². The van der Waals surface area contributed by atoms with Gasteiger partial charge in [0.15, 0.2) is 0 Å². The number of benzene rings is 2. The van der Waals surface area contributed by atoms with Crippen LogP contribution in [0, 0.1) is 5.82 Å². The van der Waals surface area contributed by atoms with E-state index in [1.54, 1.807) is 24.8 Å². The minimum atomic E-state index is -0.314. The molecular weight excluding hydrogens is 531 g/mol. The van der Waals surface area contributed by atoms with E-state index in [2.05, 4.69) is 46.7 Å². The molecule has 0 unspecified atom stereocenters. The maximum Gasteiger partial charge on any atom is 0.224 e. The first-order valence-electron chi connectivity index (χ1n) is 13.8. The molecule has 212 valence electrons. The molecule has 9 nitrogen and oxygen atoms in total. The van der Waals surface area contributed by atoms with Crippen LogP contribution in [0.3, 0.4) is 0 Å². The minimum Gasteiger partial charge on any atom is -0.384 e. The molecule has 4 aromatic heterocycles. The van der Waals surface area contributed by atoms with Crippen LogP contribution in [0.25, 0.3) is 55.4 Å². The van der Waals surface area contributed by atoms with Crippen molar-refractivity contribution in [1.82, 2.24) is 30.0 Å². The predicted octanol–water partition coefficient (Wildman–Crippen LogP) is 6.30. The van der Waals surface area contributed by atoms with E-state index >= 15 is 0 Å². The van der Waals surface area contributed by atoms with Gasteiger partial charge in [-0.25, -0.2) is 4.39 Å². The van der Waals surface area contributed by atoms with E-state index in [-0.39, 0.29) is 11.7 Å². The second kappa shape index (κ2) is 11.4. The zero-order chi connectivity index (χ0) is 29.2. The van der Waals surface area contributed by atoms with Crippen LogP contribution in [-0.2, 0) is 4.79 Å². The van der Waals surface area contributed by atoms with Crippen LogP contribution in [0.4, 0.5) is 15.8 Å². The van der Waals surface area contributed by atoms with Crippen LogP contribution in [0.5, 0.6) is 0 Å². The zero-order valence-electron chi connectivity index (χ0n) is 23.6. The molecule has 42 heavy (non-hydrogen) atoms. The molecule has 0 spiro atoms. The van der Waals surface area contributed by atoms with Crippen molar-refractivity contribution >= 4 is 39.1 Å². The molecule has 6 aromatic rings. The molecule has 0 saturated heterocycles. The van der Waals surface area contributed by atoms with Gasteiger partial charge in [0.2, 0.25) is 5.91 Å². The number of H-pyrrole nitrogens is 2. The second-order valence-corrected chi connectivity index (χ2v) is 10.5. The highest BCUT2D eigenvalue weighted by atomic mass is 19.1. The van der Waals surface area contributed by atoms with Crippen molar-refractivity contribution in [1.29, 1.82) is 0 Å². The molecule has 1 amide bonds. The average molecular weight is 563 g/mol. The number of hydrogen-bond donors (Lipinski definition) is 4. The van der Waals surface area contributed by atoms with Gasteiger partial charge >= 0.3 is 0 Å². The molecule has 6 rings (SSSR count). The van der Waals surface area contributed by atoms with Gasteiger partial charge in [-0.3, -0.25) is 19.9 Å². The van der Waals surface area contributed by atoms with Crippen molar-refractivity contribution in [2.45, 2.75) is 13.3 Å². The number of fused-ring (bicyclic) bond motifs is 2. The third-order valence-corrected chi connectivity index (χ3v) is 7.14. The fraction of sp³-hybridized carbons (Fsp3) is 0.188. The summed E-state index contributed by atoms with van der Waals surface area (Å²) in [5, 5.41) is 15.8. The molecule has 0 aliphatic heterocycles. The van der Waals surface area contributed by atoms with Gasteiger partial charge in [0, 0.05) is 59.5 Å². The molecule has 10 heteroatoms. The number of hydrogen-bond acceptors (Lipinski definition) is 6. The number of aromatic amines is 2. The highest BCUT2D eigenvalue weighted by Crippen LogP contribution is 2.36. The Kier molecular flexibility index (Phi) is 7.37. The Bertz CT molecular complexity index is 1910. The Morgan fingerprint density at radius 3 is 2.55 bits per heavy atom. The standard InChI is InChI=1S/C32H31FN8O/c1-4-31(42)37-24-11-21(15-34-16-24)19-5-6-28-26(12-19)32(40-39-28)29-14-25-27(17-35-18-30(25)38-29)20-9-22(33)13-23(10-20)36-7-8-41(2)3/h5-6,9-18,36,38H,4,7-8H2,1-3H3,(H,37,42)(H,39,40). The quantitative estimate of drug-likeness (QED) is 0.165. The molecule has 0 saturated carbocycles. The molecule has 0 bridgehead atoms. The second-order valence-electron chi connectivity index (χ2n) is 10.5. The SMILES string of the molecule is CCC(=O)Nc1cncc(-c2ccc3[nH]nc(-c4cc5c(-c6cc(F)cc(NCCN(C)C)c6)cncc5[nH]4)c3c2)c1. The number of amides is 1. The normalized spacial score (nSPS) is 11.5. The Morgan fingerprint density at radius 1 is 0.881 bits per heavy atom. The summed E-state index contributed by atoms with van der Waals surface area (Å²) in [6.45, 7) is 3.35. The number of likely N-dealkylation sites (N-methyl/N-ethyl adjacent to an activating group) is 1. The fourth-order valence-electron chi connectivity index (χ4n) is 4.99. The van der Waals surface area contributed by atoms with Crippen LogP contribution in [0.15, 0.2) is 73.3 Å². The summed E-state index contributed by atoms with van der Waals surface area (Å²) in [5.74, 6) is -0.379. The number of nitrogens with zero attached hydrogens (tertiary/aromatic N) is 4. The predicted molar refractivity (Wildman–Crippen MR) is 166 cm³/mol. The first-order chi connectivity index (χ1) is 20.4. The molecule has 4 heterocycles. The maximum absolute atomic E-state index is 14.7.